The molecular formula is C24H30N6O7S. The van der Waals surface area contributed by atoms with Gasteiger partial charge in [0.25, 0.3) is 0 Å². The first-order chi connectivity index (χ1) is 18.2. The number of nitrogens with zero attached hydrogens (tertiary/aromatic N) is 5. The van der Waals surface area contributed by atoms with E-state index in [0.29, 0.717) is 22.9 Å². The number of benzene rings is 1. The first kappa shape index (κ1) is 27.7. The van der Waals surface area contributed by atoms with Gasteiger partial charge in [-0.25, -0.2) is 15.0 Å². The molecular weight excluding hydrogens is 516 g/mol. The summed E-state index contributed by atoms with van der Waals surface area (Å²) in [5.74, 6) is 1.06. The maximum atomic E-state index is 12.2. The van der Waals surface area contributed by atoms with E-state index in [1.165, 1.54) is 10.9 Å². The summed E-state index contributed by atoms with van der Waals surface area (Å²) in [6, 6.07) is 6.75. The Morgan fingerprint density at radius 2 is 1.97 bits per heavy atom. The largest absolute Gasteiger partial charge is 0.487 e. The predicted octanol–water partition coefficient (Wildman–Crippen LogP) is 1.25. The average molecular weight is 547 g/mol. The third-order valence-electron chi connectivity index (χ3n) is 5.93. The number of aliphatic hydroxyl groups excluding tert-OH is 3. The van der Waals surface area contributed by atoms with E-state index in [9.17, 15) is 25.3 Å². The molecule has 1 aliphatic rings. The van der Waals surface area contributed by atoms with Crippen LogP contribution in [0.25, 0.3) is 11.2 Å². The van der Waals surface area contributed by atoms with Crippen molar-refractivity contribution in [2.45, 2.75) is 50.0 Å². The number of hydrogen-bond acceptors (Lipinski definition) is 13. The third kappa shape index (κ3) is 5.89. The number of fused-ring (bicyclic) bond motifs is 1. The summed E-state index contributed by atoms with van der Waals surface area (Å²) < 4.78 is 12.9. The lowest BCUT2D eigenvalue weighted by molar-refractivity contribution is -0.0548. The normalized spacial score (nSPS) is 21.9. The number of Topliss-reactive ketones (excluding diaryl/α,β-unsaturated/α-hetero) is 1. The van der Waals surface area contributed by atoms with Crippen LogP contribution in [-0.2, 0) is 4.74 Å². The van der Waals surface area contributed by atoms with Gasteiger partial charge < -0.3 is 35.7 Å². The third-order valence-corrected chi connectivity index (χ3v) is 6.95. The number of ketones is 1. The second kappa shape index (κ2) is 12.0. The van der Waals surface area contributed by atoms with Crippen LogP contribution >= 0.6 is 11.8 Å². The van der Waals surface area contributed by atoms with Gasteiger partial charge in [-0.3, -0.25) is 9.36 Å². The second-order valence-electron chi connectivity index (χ2n) is 9.21. The van der Waals surface area contributed by atoms with E-state index in [-0.39, 0.29) is 46.8 Å². The molecule has 4 atom stereocenters. The smallest absolute Gasteiger partial charge is 0.173 e. The Balaban J connectivity index is 1.47. The predicted molar refractivity (Wildman–Crippen MR) is 138 cm³/mol. The van der Waals surface area contributed by atoms with Crippen molar-refractivity contribution >= 4 is 40.2 Å². The van der Waals surface area contributed by atoms with Gasteiger partial charge in [-0.05, 0) is 30.2 Å². The number of thioether (sulfide) groups is 1. The van der Waals surface area contributed by atoms with Gasteiger partial charge >= 0.3 is 0 Å². The van der Waals surface area contributed by atoms with Gasteiger partial charge in [-0.1, -0.05) is 30.8 Å². The zero-order chi connectivity index (χ0) is 27.4. The van der Waals surface area contributed by atoms with Crippen molar-refractivity contribution in [3.63, 3.8) is 0 Å². The molecule has 38 heavy (non-hydrogen) atoms. The van der Waals surface area contributed by atoms with Crippen LogP contribution < -0.4 is 10.5 Å². The summed E-state index contributed by atoms with van der Waals surface area (Å²) in [5.41, 5.74) is 7.37. The van der Waals surface area contributed by atoms with Crippen LogP contribution in [0.5, 0.6) is 5.75 Å². The number of aliphatic hydroxyl groups is 3. The number of hydrogen-bond donors (Lipinski definition) is 5. The lowest BCUT2D eigenvalue weighted by Gasteiger charge is -2.19. The molecule has 2 aromatic heterocycles. The van der Waals surface area contributed by atoms with Crippen LogP contribution in [0.2, 0.25) is 0 Å². The Hall–Kier alpha value is -3.30. The summed E-state index contributed by atoms with van der Waals surface area (Å²) in [6.45, 7) is 3.43. The molecule has 1 aliphatic heterocycles. The number of aromatic nitrogens is 4. The summed E-state index contributed by atoms with van der Waals surface area (Å²) in [6.07, 6.45) is -3.10. The standard InChI is InChI=1S/C24H30N6O7S/c1-12(2)7-16(32)13-3-5-15(6-4-13)36-9-14(29-35)10-38-24-28-18-21(25)26-11-27-22(18)30(24)23-20(34)19(33)17(8-31)37-23/h3-6,11-12,17,19-20,23,31,33-35H,7-10H2,1-2H3,(H2,25,26,27)/t17-,19-,20-,23-/m1/s1. The Morgan fingerprint density at radius 1 is 1.24 bits per heavy atom. The zero-order valence-electron chi connectivity index (χ0n) is 20.8. The number of carbonyl (C=O) groups excluding carboxylic acids is 1. The highest BCUT2D eigenvalue weighted by Crippen LogP contribution is 2.36. The molecule has 1 saturated heterocycles. The molecule has 13 nitrogen and oxygen atoms in total. The highest BCUT2D eigenvalue weighted by atomic mass is 32.2. The van der Waals surface area contributed by atoms with Crippen molar-refractivity contribution in [2.75, 3.05) is 24.7 Å². The fraction of sp³-hybridized carbons (Fsp3) is 0.458. The monoisotopic (exact) mass is 546 g/mol. The molecule has 204 valence electrons. The lowest BCUT2D eigenvalue weighted by atomic mass is 10.0. The van der Waals surface area contributed by atoms with E-state index < -0.39 is 31.1 Å². The molecule has 0 spiro atoms. The first-order valence-corrected chi connectivity index (χ1v) is 12.9. The minimum atomic E-state index is -1.37. The van der Waals surface area contributed by atoms with Gasteiger partial charge in [0.1, 0.15) is 42.7 Å². The lowest BCUT2D eigenvalue weighted by Crippen LogP contribution is -2.33. The van der Waals surface area contributed by atoms with E-state index in [2.05, 4.69) is 20.1 Å². The average Bonchev–Trinajstić information content (AvgIpc) is 3.41. The molecule has 0 amide bonds. The van der Waals surface area contributed by atoms with Gasteiger partial charge in [0.05, 0.1) is 6.61 Å². The maximum absolute atomic E-state index is 12.2. The van der Waals surface area contributed by atoms with Crippen LogP contribution in [0.15, 0.2) is 40.9 Å². The molecule has 3 heterocycles. The minimum absolute atomic E-state index is 0.0428. The van der Waals surface area contributed by atoms with Gasteiger partial charge in [0, 0.05) is 17.7 Å². The Morgan fingerprint density at radius 3 is 2.61 bits per heavy atom. The van der Waals surface area contributed by atoms with E-state index in [1.807, 2.05) is 13.8 Å². The topological polar surface area (TPSA) is 198 Å². The van der Waals surface area contributed by atoms with Crippen LogP contribution in [0.4, 0.5) is 5.82 Å². The zero-order valence-corrected chi connectivity index (χ0v) is 21.7. The molecule has 0 aliphatic carbocycles. The minimum Gasteiger partial charge on any atom is -0.487 e. The maximum Gasteiger partial charge on any atom is 0.173 e. The fourth-order valence-corrected chi connectivity index (χ4v) is 4.89. The number of carbonyl (C=O) groups is 1. The van der Waals surface area contributed by atoms with Crippen molar-refractivity contribution < 1.29 is 34.8 Å². The van der Waals surface area contributed by atoms with Crippen molar-refractivity contribution in [1.29, 1.82) is 0 Å². The van der Waals surface area contributed by atoms with Crippen LogP contribution in [0.3, 0.4) is 0 Å². The van der Waals surface area contributed by atoms with Gasteiger partial charge in [-0.2, -0.15) is 0 Å². The molecule has 1 fully saturated rings. The molecule has 0 bridgehead atoms. The fourth-order valence-electron chi connectivity index (χ4n) is 3.97. The number of nitrogens with two attached hydrogens (primary N) is 1. The molecule has 6 N–H and O–H groups in total. The second-order valence-corrected chi connectivity index (χ2v) is 10.2. The number of oxime groups is 1. The summed E-state index contributed by atoms with van der Waals surface area (Å²) in [4.78, 5) is 24.8. The van der Waals surface area contributed by atoms with Crippen molar-refractivity contribution in [3.8, 4) is 5.75 Å². The van der Waals surface area contributed by atoms with Gasteiger partial charge in [0.15, 0.2) is 34.1 Å². The first-order valence-electron chi connectivity index (χ1n) is 11.9. The molecule has 0 unspecified atom stereocenters. The number of imidazole rings is 1. The Bertz CT molecular complexity index is 1300. The van der Waals surface area contributed by atoms with E-state index >= 15 is 0 Å². The molecule has 14 heteroatoms. The van der Waals surface area contributed by atoms with E-state index in [0.717, 1.165) is 11.8 Å². The number of ether oxygens (including phenoxy) is 2. The molecule has 4 rings (SSSR count). The van der Waals surface area contributed by atoms with Crippen LogP contribution in [0.1, 0.15) is 36.9 Å². The number of anilines is 1. The number of rotatable bonds is 11. The van der Waals surface area contributed by atoms with Crippen molar-refractivity contribution in [2.24, 2.45) is 11.1 Å². The number of nitrogen functional groups attached to an aromatic ring is 1. The molecule has 0 radical (unpaired) electrons. The molecule has 3 aromatic rings. The Labute approximate surface area is 222 Å². The van der Waals surface area contributed by atoms with Gasteiger partial charge in [-0.15, -0.1) is 0 Å². The van der Waals surface area contributed by atoms with Crippen LogP contribution in [-0.4, -0.2) is 88.8 Å². The van der Waals surface area contributed by atoms with Gasteiger partial charge in [0.2, 0.25) is 0 Å². The van der Waals surface area contributed by atoms with Crippen molar-refractivity contribution in [1.82, 2.24) is 19.5 Å². The van der Waals surface area contributed by atoms with E-state index in [1.54, 1.807) is 24.3 Å². The van der Waals surface area contributed by atoms with E-state index in [4.69, 9.17) is 15.2 Å². The molecule has 0 saturated carbocycles. The quantitative estimate of drug-likeness (QED) is 0.0759. The summed E-state index contributed by atoms with van der Waals surface area (Å²) in [5, 5.41) is 43.5. The highest BCUT2D eigenvalue weighted by Gasteiger charge is 2.45. The van der Waals surface area contributed by atoms with Crippen molar-refractivity contribution in [3.05, 3.63) is 36.2 Å². The SMILES string of the molecule is CC(C)CC(=O)c1ccc(OCC(CSc2nc3c(N)ncnc3n2[C@@H]2O[C@H](CO)[C@@H](O)[C@H]2O)=NO)cc1. The summed E-state index contributed by atoms with van der Waals surface area (Å²) in [7, 11) is 0. The van der Waals surface area contributed by atoms with Crippen LogP contribution in [0, 0.1) is 5.92 Å². The highest BCUT2D eigenvalue weighted by molar-refractivity contribution is 7.99. The molecule has 1 aromatic carbocycles. The summed E-state index contributed by atoms with van der Waals surface area (Å²) >= 11 is 1.14. The Kier molecular flexibility index (Phi) is 8.79.